The first kappa shape index (κ1) is 35.5. The molecule has 0 N–H and O–H groups in total. The second kappa shape index (κ2) is 32.6. The van der Waals surface area contributed by atoms with Crippen LogP contribution in [-0.2, 0) is 56.9 Å². The molecule has 216 valence electrons. The number of ether oxygens (including phenoxy) is 11. The van der Waals surface area contributed by atoms with Crippen molar-refractivity contribution in [1.82, 2.24) is 0 Å². The highest BCUT2D eigenvalue weighted by atomic mass is 79.9. The van der Waals surface area contributed by atoms with Crippen LogP contribution in [0.15, 0.2) is 0 Å². The predicted octanol–water partition coefficient (Wildman–Crippen LogP) is 0.720. The Morgan fingerprint density at radius 1 is 0.417 bits per heavy atom. The average Bonchev–Trinajstić information content (AvgIpc) is 2.89. The fourth-order valence-electron chi connectivity index (χ4n) is 2.25. The number of hydrogen-bond donors (Lipinski definition) is 0. The van der Waals surface area contributed by atoms with Crippen LogP contribution in [-0.4, -0.2) is 151 Å². The maximum atomic E-state index is 10.8. The molecule has 0 saturated heterocycles. The van der Waals surface area contributed by atoms with E-state index >= 15 is 0 Å². The van der Waals surface area contributed by atoms with E-state index in [1.54, 1.807) is 0 Å². The summed E-state index contributed by atoms with van der Waals surface area (Å²) >= 11 is 3.29. The van der Waals surface area contributed by atoms with E-state index in [2.05, 4.69) is 20.7 Å². The van der Waals surface area contributed by atoms with E-state index < -0.39 is 5.97 Å². The summed E-state index contributed by atoms with van der Waals surface area (Å²) in [7, 11) is 1.32. The molecule has 12 nitrogen and oxygen atoms in total. The Kier molecular flexibility index (Phi) is 32.2. The van der Waals surface area contributed by atoms with Crippen molar-refractivity contribution in [2.75, 3.05) is 145 Å². The lowest BCUT2D eigenvalue weighted by Gasteiger charge is -2.09. The minimum Gasteiger partial charge on any atom is -0.467 e. The third-order valence-electron chi connectivity index (χ3n) is 4.02. The number of halogens is 1. The summed E-state index contributed by atoms with van der Waals surface area (Å²) in [5, 5.41) is 0.836. The van der Waals surface area contributed by atoms with E-state index in [9.17, 15) is 4.79 Å². The van der Waals surface area contributed by atoms with Gasteiger partial charge in [0, 0.05) is 5.33 Å². The number of rotatable bonds is 31. The topological polar surface area (TPSA) is 119 Å². The lowest BCUT2D eigenvalue weighted by atomic mass is 10.6. The van der Waals surface area contributed by atoms with Crippen molar-refractivity contribution in [3.8, 4) is 0 Å². The molecular weight excluding hydrogens is 548 g/mol. The minimum absolute atomic E-state index is 0.0665. The van der Waals surface area contributed by atoms with Gasteiger partial charge in [0.05, 0.1) is 133 Å². The molecule has 0 aromatic carbocycles. The normalized spacial score (nSPS) is 11.3. The van der Waals surface area contributed by atoms with Gasteiger partial charge in [-0.05, 0) is 0 Å². The fourth-order valence-corrected chi connectivity index (χ4v) is 2.48. The first-order valence-corrected chi connectivity index (χ1v) is 13.3. The van der Waals surface area contributed by atoms with Crippen molar-refractivity contribution in [2.24, 2.45) is 0 Å². The largest absolute Gasteiger partial charge is 0.467 e. The summed E-state index contributed by atoms with van der Waals surface area (Å²) in [6.07, 6.45) is 0. The van der Waals surface area contributed by atoms with Gasteiger partial charge in [0.2, 0.25) is 0 Å². The van der Waals surface area contributed by atoms with Gasteiger partial charge in [-0.15, -0.1) is 0 Å². The first-order chi connectivity index (χ1) is 17.8. The van der Waals surface area contributed by atoms with E-state index in [0.29, 0.717) is 126 Å². The molecule has 0 amide bonds. The van der Waals surface area contributed by atoms with Gasteiger partial charge in [-0.2, -0.15) is 0 Å². The molecule has 0 aromatic heterocycles. The molecule has 13 heteroatoms. The standard InChI is InChI=1S/C23H45BrO12/c1-26-23(25)22-36-21-20-35-19-18-34-17-16-33-15-14-32-13-12-31-11-10-30-9-8-29-7-6-28-5-4-27-3-2-24/h2-22H2,1H3. The second-order valence-corrected chi connectivity index (χ2v) is 7.62. The maximum absolute atomic E-state index is 10.8. The summed E-state index contributed by atoms with van der Waals surface area (Å²) in [5.41, 5.74) is 0. The molecule has 0 aliphatic heterocycles. The van der Waals surface area contributed by atoms with Crippen LogP contribution >= 0.6 is 15.9 Å². The molecule has 0 aliphatic carbocycles. The molecule has 0 heterocycles. The number of alkyl halides is 1. The van der Waals surface area contributed by atoms with Crippen LogP contribution in [0.25, 0.3) is 0 Å². The van der Waals surface area contributed by atoms with Crippen LogP contribution < -0.4 is 0 Å². The SMILES string of the molecule is COC(=O)COCCOCCOCCOCCOCCOCCOCCOCCOCCOCCBr. The zero-order chi connectivity index (χ0) is 26.2. The zero-order valence-electron chi connectivity index (χ0n) is 21.6. The summed E-state index contributed by atoms with van der Waals surface area (Å²) in [4.78, 5) is 10.8. The Bertz CT molecular complexity index is 434. The van der Waals surface area contributed by atoms with Crippen LogP contribution in [0.1, 0.15) is 0 Å². The monoisotopic (exact) mass is 592 g/mol. The van der Waals surface area contributed by atoms with Gasteiger partial charge in [0.15, 0.2) is 0 Å². The van der Waals surface area contributed by atoms with Crippen LogP contribution in [0.5, 0.6) is 0 Å². The van der Waals surface area contributed by atoms with Crippen molar-refractivity contribution in [3.63, 3.8) is 0 Å². The maximum Gasteiger partial charge on any atom is 0.331 e. The fraction of sp³-hybridized carbons (Fsp3) is 0.957. The van der Waals surface area contributed by atoms with Crippen molar-refractivity contribution < 1.29 is 56.9 Å². The zero-order valence-corrected chi connectivity index (χ0v) is 23.2. The molecule has 0 fully saturated rings. The predicted molar refractivity (Wildman–Crippen MR) is 134 cm³/mol. The highest BCUT2D eigenvalue weighted by Crippen LogP contribution is 1.87. The first-order valence-electron chi connectivity index (χ1n) is 12.2. The van der Waals surface area contributed by atoms with Gasteiger partial charge < -0.3 is 52.1 Å². The molecule has 0 rings (SSSR count). The van der Waals surface area contributed by atoms with E-state index in [4.69, 9.17) is 47.4 Å². The van der Waals surface area contributed by atoms with Gasteiger partial charge in [0.1, 0.15) is 6.61 Å². The summed E-state index contributed by atoms with van der Waals surface area (Å²) in [6, 6.07) is 0. The molecule has 0 aromatic rings. The van der Waals surface area contributed by atoms with Gasteiger partial charge in [-0.3, -0.25) is 0 Å². The Balaban J connectivity index is 3.03. The molecule has 36 heavy (non-hydrogen) atoms. The lowest BCUT2D eigenvalue weighted by Crippen LogP contribution is -2.16. The Hall–Kier alpha value is -0.450. The van der Waals surface area contributed by atoms with Crippen LogP contribution in [0.2, 0.25) is 0 Å². The molecule has 0 bridgehead atoms. The Labute approximate surface area is 223 Å². The number of esters is 1. The molecule has 0 radical (unpaired) electrons. The smallest absolute Gasteiger partial charge is 0.331 e. The number of carbonyl (C=O) groups is 1. The lowest BCUT2D eigenvalue weighted by molar-refractivity contribution is -0.146. The third-order valence-corrected chi connectivity index (χ3v) is 4.34. The third kappa shape index (κ3) is 31.6. The van der Waals surface area contributed by atoms with Crippen LogP contribution in [0.3, 0.4) is 0 Å². The van der Waals surface area contributed by atoms with Crippen molar-refractivity contribution in [2.45, 2.75) is 0 Å². The van der Waals surface area contributed by atoms with Gasteiger partial charge >= 0.3 is 5.97 Å². The van der Waals surface area contributed by atoms with E-state index in [1.807, 2.05) is 0 Å². The number of methoxy groups -OCH3 is 1. The van der Waals surface area contributed by atoms with E-state index in [-0.39, 0.29) is 6.61 Å². The molecule has 0 spiro atoms. The second-order valence-electron chi connectivity index (χ2n) is 6.83. The highest BCUT2D eigenvalue weighted by molar-refractivity contribution is 9.09. The highest BCUT2D eigenvalue weighted by Gasteiger charge is 1.99. The van der Waals surface area contributed by atoms with Gasteiger partial charge in [0.25, 0.3) is 0 Å². The van der Waals surface area contributed by atoms with Crippen molar-refractivity contribution >= 4 is 21.9 Å². The average molecular weight is 594 g/mol. The minimum atomic E-state index is -0.405. The van der Waals surface area contributed by atoms with E-state index in [0.717, 1.165) is 5.33 Å². The summed E-state index contributed by atoms with van der Waals surface area (Å²) < 4.78 is 58.0. The van der Waals surface area contributed by atoms with Crippen molar-refractivity contribution in [1.29, 1.82) is 0 Å². The Morgan fingerprint density at radius 3 is 0.861 bits per heavy atom. The summed E-state index contributed by atoms with van der Waals surface area (Å²) in [5.74, 6) is -0.405. The quantitative estimate of drug-likeness (QED) is 0.0641. The van der Waals surface area contributed by atoms with E-state index in [1.165, 1.54) is 7.11 Å². The molecule has 0 saturated carbocycles. The number of carbonyl (C=O) groups excluding carboxylic acids is 1. The van der Waals surface area contributed by atoms with Crippen LogP contribution in [0, 0.1) is 0 Å². The van der Waals surface area contributed by atoms with Crippen LogP contribution in [0.4, 0.5) is 0 Å². The van der Waals surface area contributed by atoms with Crippen molar-refractivity contribution in [3.05, 3.63) is 0 Å². The number of hydrogen-bond acceptors (Lipinski definition) is 12. The molecule has 0 unspecified atom stereocenters. The van der Waals surface area contributed by atoms with Gasteiger partial charge in [-0.1, -0.05) is 15.9 Å². The molecular formula is C23H45BrO12. The molecule has 0 atom stereocenters. The Morgan fingerprint density at radius 2 is 0.639 bits per heavy atom. The van der Waals surface area contributed by atoms with Gasteiger partial charge in [-0.25, -0.2) is 4.79 Å². The molecule has 0 aliphatic rings. The summed E-state index contributed by atoms with van der Waals surface area (Å²) in [6.45, 7) is 9.60.